The highest BCUT2D eigenvalue weighted by atomic mass is 15.2. The molecule has 0 aromatic carbocycles. The topological polar surface area (TPSA) is 15.3 Å². The molecule has 0 amide bonds. The second-order valence-electron chi connectivity index (χ2n) is 4.48. The monoisotopic (exact) mass is 182 g/mol. The Kier molecular flexibility index (Phi) is 2.89. The summed E-state index contributed by atoms with van der Waals surface area (Å²) in [5.74, 6) is 0.959. The summed E-state index contributed by atoms with van der Waals surface area (Å²) in [7, 11) is 0. The highest BCUT2D eigenvalue weighted by molar-refractivity contribution is 4.96. The first-order valence-corrected chi connectivity index (χ1v) is 5.83. The number of likely N-dealkylation sites (tertiary alicyclic amines) is 1. The first-order chi connectivity index (χ1) is 6.36. The summed E-state index contributed by atoms with van der Waals surface area (Å²) in [6.07, 6.45) is 4.06. The van der Waals surface area contributed by atoms with Crippen molar-refractivity contribution in [2.75, 3.05) is 19.6 Å². The highest BCUT2D eigenvalue weighted by Crippen LogP contribution is 2.30. The lowest BCUT2D eigenvalue weighted by molar-refractivity contribution is 0.169. The average molecular weight is 182 g/mol. The Balaban J connectivity index is 1.99. The van der Waals surface area contributed by atoms with Crippen LogP contribution in [0.3, 0.4) is 0 Å². The van der Waals surface area contributed by atoms with Gasteiger partial charge in [0.2, 0.25) is 0 Å². The summed E-state index contributed by atoms with van der Waals surface area (Å²) < 4.78 is 0. The lowest BCUT2D eigenvalue weighted by atomic mass is 10.0. The molecule has 76 valence electrons. The van der Waals surface area contributed by atoms with Crippen LogP contribution in [0, 0.1) is 5.92 Å². The van der Waals surface area contributed by atoms with Crippen molar-refractivity contribution in [1.82, 2.24) is 10.2 Å². The summed E-state index contributed by atoms with van der Waals surface area (Å²) in [6, 6.07) is 1.71. The van der Waals surface area contributed by atoms with E-state index in [1.807, 2.05) is 0 Å². The Morgan fingerprint density at radius 1 is 1.31 bits per heavy atom. The van der Waals surface area contributed by atoms with Gasteiger partial charge in [0.25, 0.3) is 0 Å². The van der Waals surface area contributed by atoms with Crippen molar-refractivity contribution in [3.8, 4) is 0 Å². The van der Waals surface area contributed by atoms with Gasteiger partial charge in [-0.25, -0.2) is 0 Å². The van der Waals surface area contributed by atoms with Gasteiger partial charge in [0.1, 0.15) is 0 Å². The third-order valence-electron chi connectivity index (χ3n) is 3.90. The van der Waals surface area contributed by atoms with Gasteiger partial charge in [-0.2, -0.15) is 0 Å². The molecule has 2 fully saturated rings. The molecule has 0 aliphatic carbocycles. The zero-order chi connectivity index (χ0) is 9.26. The predicted molar refractivity (Wildman–Crippen MR) is 55.8 cm³/mol. The van der Waals surface area contributed by atoms with E-state index in [4.69, 9.17) is 0 Å². The van der Waals surface area contributed by atoms with Gasteiger partial charge in [-0.05, 0) is 38.3 Å². The van der Waals surface area contributed by atoms with Crippen LogP contribution in [-0.2, 0) is 0 Å². The van der Waals surface area contributed by atoms with Gasteiger partial charge in [-0.15, -0.1) is 0 Å². The molecule has 2 heterocycles. The molecule has 0 radical (unpaired) electrons. The molecule has 0 spiro atoms. The van der Waals surface area contributed by atoms with E-state index < -0.39 is 0 Å². The Bertz CT molecular complexity index is 165. The van der Waals surface area contributed by atoms with Crippen LogP contribution in [-0.4, -0.2) is 36.6 Å². The molecule has 2 atom stereocenters. The fourth-order valence-corrected chi connectivity index (χ4v) is 3.09. The third kappa shape index (κ3) is 1.62. The maximum atomic E-state index is 3.52. The van der Waals surface area contributed by atoms with Crippen molar-refractivity contribution in [1.29, 1.82) is 0 Å². The van der Waals surface area contributed by atoms with Crippen LogP contribution >= 0.6 is 0 Å². The lowest BCUT2D eigenvalue weighted by Crippen LogP contribution is -2.41. The molecular formula is C11H22N2. The zero-order valence-electron chi connectivity index (χ0n) is 8.92. The van der Waals surface area contributed by atoms with E-state index in [9.17, 15) is 0 Å². The molecule has 0 saturated carbocycles. The normalized spacial score (nSPS) is 34.4. The number of nitrogens with one attached hydrogen (secondary N) is 1. The fraction of sp³-hybridized carbons (Fsp3) is 1.00. The third-order valence-corrected chi connectivity index (χ3v) is 3.90. The number of hydrogen-bond donors (Lipinski definition) is 1. The minimum atomic E-state index is 0.842. The van der Waals surface area contributed by atoms with Gasteiger partial charge in [-0.3, -0.25) is 4.90 Å². The molecule has 2 rings (SSSR count). The summed E-state index contributed by atoms with van der Waals surface area (Å²) >= 11 is 0. The summed E-state index contributed by atoms with van der Waals surface area (Å²) in [5.41, 5.74) is 0. The van der Waals surface area contributed by atoms with Gasteiger partial charge in [0.05, 0.1) is 0 Å². The Morgan fingerprint density at radius 2 is 2.08 bits per heavy atom. The van der Waals surface area contributed by atoms with Crippen LogP contribution in [0.4, 0.5) is 0 Å². The molecule has 13 heavy (non-hydrogen) atoms. The Labute approximate surface area is 81.7 Å². The quantitative estimate of drug-likeness (QED) is 0.711. The van der Waals surface area contributed by atoms with Crippen LogP contribution in [0.2, 0.25) is 0 Å². The van der Waals surface area contributed by atoms with E-state index in [0.717, 1.165) is 18.0 Å². The number of nitrogens with zero attached hydrogens (tertiary/aromatic N) is 1. The molecule has 2 aliphatic rings. The van der Waals surface area contributed by atoms with E-state index in [0.29, 0.717) is 0 Å². The van der Waals surface area contributed by atoms with E-state index in [2.05, 4.69) is 24.1 Å². The largest absolute Gasteiger partial charge is 0.315 e. The zero-order valence-corrected chi connectivity index (χ0v) is 8.92. The van der Waals surface area contributed by atoms with Crippen LogP contribution < -0.4 is 5.32 Å². The Morgan fingerprint density at radius 3 is 2.77 bits per heavy atom. The first kappa shape index (κ1) is 9.47. The smallest absolute Gasteiger partial charge is 0.0264 e. The lowest BCUT2D eigenvalue weighted by Gasteiger charge is -2.31. The van der Waals surface area contributed by atoms with E-state index in [-0.39, 0.29) is 0 Å². The molecule has 2 heteroatoms. The average Bonchev–Trinajstić information content (AvgIpc) is 2.70. The minimum Gasteiger partial charge on any atom is -0.315 e. The number of fused-ring (bicyclic) bond motifs is 1. The molecule has 2 aliphatic heterocycles. The molecule has 0 aromatic heterocycles. The van der Waals surface area contributed by atoms with E-state index in [1.54, 1.807) is 0 Å². The molecule has 0 bridgehead atoms. The minimum absolute atomic E-state index is 0.842. The van der Waals surface area contributed by atoms with Gasteiger partial charge in [0, 0.05) is 18.6 Å². The van der Waals surface area contributed by atoms with Crippen LogP contribution in [0.5, 0.6) is 0 Å². The second-order valence-corrected chi connectivity index (χ2v) is 4.48. The van der Waals surface area contributed by atoms with Gasteiger partial charge >= 0.3 is 0 Å². The number of rotatable bonds is 3. The van der Waals surface area contributed by atoms with Crippen LogP contribution in [0.15, 0.2) is 0 Å². The van der Waals surface area contributed by atoms with Gasteiger partial charge < -0.3 is 5.32 Å². The van der Waals surface area contributed by atoms with E-state index >= 15 is 0 Å². The van der Waals surface area contributed by atoms with Crippen molar-refractivity contribution in [2.45, 2.75) is 45.2 Å². The molecule has 0 aromatic rings. The molecule has 2 nitrogen and oxygen atoms in total. The van der Waals surface area contributed by atoms with Crippen molar-refractivity contribution in [3.63, 3.8) is 0 Å². The standard InChI is InChI=1S/C11H22N2/c1-3-10(4-2)13-6-5-9-7-12-8-11(9)13/h9-12H,3-8H2,1-2H3/t9-,11+/m0/s1. The highest BCUT2D eigenvalue weighted by Gasteiger charge is 2.39. The summed E-state index contributed by atoms with van der Waals surface area (Å²) in [5, 5.41) is 3.52. The number of hydrogen-bond acceptors (Lipinski definition) is 2. The summed E-state index contributed by atoms with van der Waals surface area (Å²) in [4.78, 5) is 2.75. The van der Waals surface area contributed by atoms with Gasteiger partial charge in [-0.1, -0.05) is 13.8 Å². The molecule has 0 unspecified atom stereocenters. The van der Waals surface area contributed by atoms with Crippen LogP contribution in [0.25, 0.3) is 0 Å². The predicted octanol–water partition coefficient (Wildman–Crippen LogP) is 1.47. The molecule has 2 saturated heterocycles. The van der Waals surface area contributed by atoms with Crippen molar-refractivity contribution < 1.29 is 0 Å². The SMILES string of the molecule is CCC(CC)N1CC[C@H]2CNC[C@H]21. The first-order valence-electron chi connectivity index (χ1n) is 5.83. The fourth-order valence-electron chi connectivity index (χ4n) is 3.09. The molecular weight excluding hydrogens is 160 g/mol. The second kappa shape index (κ2) is 3.97. The summed E-state index contributed by atoms with van der Waals surface area (Å²) in [6.45, 7) is 8.50. The van der Waals surface area contributed by atoms with Crippen molar-refractivity contribution >= 4 is 0 Å². The van der Waals surface area contributed by atoms with E-state index in [1.165, 1.54) is 38.9 Å². The van der Waals surface area contributed by atoms with Crippen LogP contribution in [0.1, 0.15) is 33.1 Å². The maximum absolute atomic E-state index is 3.52. The maximum Gasteiger partial charge on any atom is 0.0264 e. The van der Waals surface area contributed by atoms with Crippen molar-refractivity contribution in [2.24, 2.45) is 5.92 Å². The van der Waals surface area contributed by atoms with Crippen molar-refractivity contribution in [3.05, 3.63) is 0 Å². The Hall–Kier alpha value is -0.0800. The molecule has 1 N–H and O–H groups in total. The van der Waals surface area contributed by atoms with Gasteiger partial charge in [0.15, 0.2) is 0 Å².